The van der Waals surface area contributed by atoms with Crippen molar-refractivity contribution in [1.29, 1.82) is 0 Å². The molecule has 1 fully saturated rings. The first kappa shape index (κ1) is 21.7. The molecule has 0 saturated carbocycles. The largest absolute Gasteiger partial charge is 0.497 e. The van der Waals surface area contributed by atoms with Gasteiger partial charge in [-0.3, -0.25) is 4.90 Å². The first-order chi connectivity index (χ1) is 13.6. The highest BCUT2D eigenvalue weighted by Crippen LogP contribution is 2.36. The van der Waals surface area contributed by atoms with Gasteiger partial charge in [-0.05, 0) is 67.9 Å². The summed E-state index contributed by atoms with van der Waals surface area (Å²) in [6.07, 6.45) is 2.23. The minimum absolute atomic E-state index is 0. The predicted octanol–water partition coefficient (Wildman–Crippen LogP) is 2.96. The lowest BCUT2D eigenvalue weighted by Gasteiger charge is -2.28. The number of sulfonamides is 1. The van der Waals surface area contributed by atoms with Gasteiger partial charge in [0, 0.05) is 12.6 Å². The Morgan fingerprint density at radius 1 is 1.07 bits per heavy atom. The summed E-state index contributed by atoms with van der Waals surface area (Å²) in [5.41, 5.74) is 1.02. The average molecular weight is 441 g/mol. The number of benzene rings is 2. The summed E-state index contributed by atoms with van der Waals surface area (Å²) < 4.78 is 44.3. The standard InChI is InChI=1S/C20H24N2O5S.ClH/c1-25-16-5-7-17(8-6-16)28(23,24)21-13-18(22-10-2-3-11-22)15-4-9-19-20(12-15)27-14-26-19;/h4-9,12,18,21H,2-3,10-11,13-14H2,1H3;1H. The van der Waals surface area contributed by atoms with Crippen LogP contribution in [0, 0.1) is 0 Å². The summed E-state index contributed by atoms with van der Waals surface area (Å²) >= 11 is 0. The molecule has 9 heteroatoms. The van der Waals surface area contributed by atoms with Crippen LogP contribution in [-0.2, 0) is 10.0 Å². The molecule has 0 spiro atoms. The van der Waals surface area contributed by atoms with Gasteiger partial charge in [0.05, 0.1) is 12.0 Å². The molecule has 0 radical (unpaired) electrons. The highest BCUT2D eigenvalue weighted by Gasteiger charge is 2.27. The highest BCUT2D eigenvalue weighted by molar-refractivity contribution is 7.89. The fourth-order valence-electron chi connectivity index (χ4n) is 3.66. The molecule has 1 atom stereocenters. The molecule has 2 aromatic rings. The van der Waals surface area contributed by atoms with Crippen LogP contribution >= 0.6 is 12.4 Å². The molecule has 2 aliphatic heterocycles. The van der Waals surface area contributed by atoms with Crippen LogP contribution in [0.1, 0.15) is 24.4 Å². The minimum atomic E-state index is -3.62. The van der Waals surface area contributed by atoms with Gasteiger partial charge < -0.3 is 14.2 Å². The Bertz CT molecular complexity index is 930. The Balaban J connectivity index is 0.00000240. The molecule has 0 aromatic heterocycles. The number of hydrogen-bond acceptors (Lipinski definition) is 6. The van der Waals surface area contributed by atoms with Gasteiger partial charge in [0.2, 0.25) is 16.8 Å². The van der Waals surface area contributed by atoms with Gasteiger partial charge in [-0.25, -0.2) is 13.1 Å². The molecular weight excluding hydrogens is 416 g/mol. The quantitative estimate of drug-likeness (QED) is 0.713. The van der Waals surface area contributed by atoms with E-state index in [1.54, 1.807) is 31.4 Å². The molecular formula is C20H25ClN2O5S. The topological polar surface area (TPSA) is 77.1 Å². The molecule has 1 N–H and O–H groups in total. The number of fused-ring (bicyclic) bond motifs is 1. The van der Waals surface area contributed by atoms with Crippen molar-refractivity contribution in [3.05, 3.63) is 48.0 Å². The second-order valence-corrected chi connectivity index (χ2v) is 8.67. The van der Waals surface area contributed by atoms with Crippen molar-refractivity contribution < 1.29 is 22.6 Å². The number of ether oxygens (including phenoxy) is 3. The van der Waals surface area contributed by atoms with Crippen molar-refractivity contribution in [3.8, 4) is 17.2 Å². The highest BCUT2D eigenvalue weighted by atomic mass is 35.5. The first-order valence-corrected chi connectivity index (χ1v) is 10.8. The Hall–Kier alpha value is -2.00. The third-order valence-electron chi connectivity index (χ3n) is 5.20. The van der Waals surface area contributed by atoms with E-state index < -0.39 is 10.0 Å². The zero-order chi connectivity index (χ0) is 19.6. The molecule has 4 rings (SSSR count). The summed E-state index contributed by atoms with van der Waals surface area (Å²) in [5, 5.41) is 0. The number of rotatable bonds is 7. The van der Waals surface area contributed by atoms with E-state index in [0.717, 1.165) is 37.2 Å². The third kappa shape index (κ3) is 4.78. The molecule has 1 saturated heterocycles. The second-order valence-electron chi connectivity index (χ2n) is 6.90. The van der Waals surface area contributed by atoms with E-state index in [9.17, 15) is 8.42 Å². The number of hydrogen-bond donors (Lipinski definition) is 1. The van der Waals surface area contributed by atoms with Gasteiger partial charge in [0.1, 0.15) is 5.75 Å². The summed E-state index contributed by atoms with van der Waals surface area (Å²) in [5.74, 6) is 2.05. The van der Waals surface area contributed by atoms with E-state index in [1.807, 2.05) is 18.2 Å². The van der Waals surface area contributed by atoms with E-state index >= 15 is 0 Å². The first-order valence-electron chi connectivity index (χ1n) is 9.34. The fraction of sp³-hybridized carbons (Fsp3) is 0.400. The van der Waals surface area contributed by atoms with Crippen LogP contribution in [0.3, 0.4) is 0 Å². The molecule has 0 bridgehead atoms. The summed E-state index contributed by atoms with van der Waals surface area (Å²) in [7, 11) is -2.07. The molecule has 158 valence electrons. The van der Waals surface area contributed by atoms with Gasteiger partial charge >= 0.3 is 0 Å². The van der Waals surface area contributed by atoms with Crippen molar-refractivity contribution in [2.45, 2.75) is 23.8 Å². The van der Waals surface area contributed by atoms with Crippen molar-refractivity contribution in [2.24, 2.45) is 0 Å². The van der Waals surface area contributed by atoms with Crippen LogP contribution < -0.4 is 18.9 Å². The van der Waals surface area contributed by atoms with Crippen LogP contribution in [0.4, 0.5) is 0 Å². The van der Waals surface area contributed by atoms with E-state index in [1.165, 1.54) is 0 Å². The lowest BCUT2D eigenvalue weighted by atomic mass is 10.1. The van der Waals surface area contributed by atoms with E-state index in [-0.39, 0.29) is 36.7 Å². The maximum Gasteiger partial charge on any atom is 0.240 e. The van der Waals surface area contributed by atoms with Crippen molar-refractivity contribution >= 4 is 22.4 Å². The molecule has 0 amide bonds. The number of likely N-dealkylation sites (tertiary alicyclic amines) is 1. The normalized spacial score (nSPS) is 17.0. The van der Waals surface area contributed by atoms with Crippen LogP contribution in [0.5, 0.6) is 17.2 Å². The number of nitrogens with one attached hydrogen (secondary N) is 1. The van der Waals surface area contributed by atoms with Gasteiger partial charge in [0.25, 0.3) is 0 Å². The lowest BCUT2D eigenvalue weighted by Crippen LogP contribution is -2.36. The van der Waals surface area contributed by atoms with Crippen molar-refractivity contribution in [2.75, 3.05) is 33.5 Å². The Morgan fingerprint density at radius 3 is 2.45 bits per heavy atom. The zero-order valence-electron chi connectivity index (χ0n) is 16.2. The Kier molecular flexibility index (Phi) is 6.89. The molecule has 2 heterocycles. The van der Waals surface area contributed by atoms with Crippen LogP contribution in [0.15, 0.2) is 47.4 Å². The molecule has 7 nitrogen and oxygen atoms in total. The smallest absolute Gasteiger partial charge is 0.240 e. The average Bonchev–Trinajstić information content (AvgIpc) is 3.40. The van der Waals surface area contributed by atoms with E-state index in [2.05, 4.69) is 9.62 Å². The number of nitrogens with zero attached hydrogens (tertiary/aromatic N) is 1. The van der Waals surface area contributed by atoms with Gasteiger partial charge in [-0.1, -0.05) is 6.07 Å². The zero-order valence-corrected chi connectivity index (χ0v) is 17.8. The molecule has 2 aromatic carbocycles. The summed E-state index contributed by atoms with van der Waals surface area (Å²) in [6, 6.07) is 12.1. The minimum Gasteiger partial charge on any atom is -0.497 e. The van der Waals surface area contributed by atoms with Crippen molar-refractivity contribution in [3.63, 3.8) is 0 Å². The van der Waals surface area contributed by atoms with Gasteiger partial charge in [-0.2, -0.15) is 0 Å². The van der Waals surface area contributed by atoms with Gasteiger partial charge in [0.15, 0.2) is 11.5 Å². The number of methoxy groups -OCH3 is 1. The summed E-state index contributed by atoms with van der Waals surface area (Å²) in [6.45, 7) is 2.40. The van der Waals surface area contributed by atoms with Crippen molar-refractivity contribution in [1.82, 2.24) is 9.62 Å². The SMILES string of the molecule is COc1ccc(S(=O)(=O)NCC(c2ccc3c(c2)OCO3)N2CCCC2)cc1.Cl. The molecule has 2 aliphatic rings. The monoisotopic (exact) mass is 440 g/mol. The third-order valence-corrected chi connectivity index (χ3v) is 6.64. The Morgan fingerprint density at radius 2 is 1.76 bits per heavy atom. The molecule has 0 aliphatic carbocycles. The molecule has 1 unspecified atom stereocenters. The van der Waals surface area contributed by atoms with Crippen LogP contribution in [0.25, 0.3) is 0 Å². The van der Waals surface area contributed by atoms with Gasteiger partial charge in [-0.15, -0.1) is 12.4 Å². The Labute approximate surface area is 177 Å². The van der Waals surface area contributed by atoms with E-state index in [4.69, 9.17) is 14.2 Å². The fourth-order valence-corrected chi connectivity index (χ4v) is 4.70. The van der Waals surface area contributed by atoms with Crippen LogP contribution in [0.2, 0.25) is 0 Å². The molecule has 29 heavy (non-hydrogen) atoms. The predicted molar refractivity (Wildman–Crippen MR) is 112 cm³/mol. The maximum atomic E-state index is 12.8. The maximum absolute atomic E-state index is 12.8. The number of halogens is 1. The second kappa shape index (κ2) is 9.21. The van der Waals surface area contributed by atoms with Crippen LogP contribution in [-0.4, -0.2) is 46.9 Å². The van der Waals surface area contributed by atoms with E-state index in [0.29, 0.717) is 11.5 Å². The lowest BCUT2D eigenvalue weighted by molar-refractivity contribution is 0.173. The summed E-state index contributed by atoms with van der Waals surface area (Å²) in [4.78, 5) is 2.54.